The molecule has 14 heteroatoms. The molecule has 2 saturated carbocycles. The van der Waals surface area contributed by atoms with Crippen molar-refractivity contribution in [1.82, 2.24) is 30.7 Å². The number of carbonyl (C=O) groups excluding carboxylic acids is 4. The Labute approximate surface area is 267 Å². The number of carbonyl (C=O) groups is 4. The molecule has 4 amide bonds. The summed E-state index contributed by atoms with van der Waals surface area (Å²) in [6.45, 7) is 6.86. The average Bonchev–Trinajstić information content (AvgIpc) is 3.97. The van der Waals surface area contributed by atoms with Crippen LogP contribution in [0.3, 0.4) is 0 Å². The molecule has 0 bridgehead atoms. The van der Waals surface area contributed by atoms with Crippen molar-refractivity contribution in [2.45, 2.75) is 70.5 Å². The molecule has 3 N–H and O–H groups in total. The number of anilines is 1. The predicted molar refractivity (Wildman–Crippen MR) is 165 cm³/mol. The lowest BCUT2D eigenvalue weighted by molar-refractivity contribution is -0.140. The number of hydrogen-bond acceptors (Lipinski definition) is 9. The average molecular weight is 642 g/mol. The van der Waals surface area contributed by atoms with Crippen LogP contribution in [-0.4, -0.2) is 102 Å². The number of ether oxygens (including phenoxy) is 1. The summed E-state index contributed by atoms with van der Waals surface area (Å²) >= 11 is 0. The number of likely N-dealkylation sites (N-methyl/N-ethyl adjacent to an activating group) is 1. The summed E-state index contributed by atoms with van der Waals surface area (Å²) in [6, 6.07) is 2.65. The number of benzene rings is 1. The summed E-state index contributed by atoms with van der Waals surface area (Å²) in [7, 11) is 3.39. The Morgan fingerprint density at radius 1 is 1.07 bits per heavy atom. The van der Waals surface area contributed by atoms with E-state index in [1.807, 2.05) is 14.0 Å². The van der Waals surface area contributed by atoms with Gasteiger partial charge in [0.1, 0.15) is 30.2 Å². The van der Waals surface area contributed by atoms with Crippen molar-refractivity contribution in [3.8, 4) is 0 Å². The minimum atomic E-state index is -0.954. The van der Waals surface area contributed by atoms with Crippen molar-refractivity contribution in [2.75, 3.05) is 45.7 Å². The van der Waals surface area contributed by atoms with Gasteiger partial charge >= 0.3 is 0 Å². The first-order chi connectivity index (χ1) is 22.0. The molecule has 1 aromatic heterocycles. The Morgan fingerprint density at radius 3 is 2.33 bits per heavy atom. The molecule has 13 nitrogen and oxygen atoms in total. The third-order valence-electron chi connectivity index (χ3n) is 9.56. The van der Waals surface area contributed by atoms with Gasteiger partial charge < -0.3 is 30.5 Å². The number of amides is 4. The van der Waals surface area contributed by atoms with Crippen molar-refractivity contribution < 1.29 is 32.9 Å². The number of nitrogens with one attached hydrogen (secondary N) is 3. The van der Waals surface area contributed by atoms with Crippen molar-refractivity contribution in [1.29, 1.82) is 0 Å². The molecule has 0 radical (unpaired) electrons. The van der Waals surface area contributed by atoms with Crippen molar-refractivity contribution in [2.24, 2.45) is 17.8 Å². The van der Waals surface area contributed by atoms with E-state index in [1.165, 1.54) is 19.2 Å². The predicted octanol–water partition coefficient (Wildman–Crippen LogP) is 2.09. The van der Waals surface area contributed by atoms with Gasteiger partial charge in [-0.2, -0.15) is 0 Å². The minimum Gasteiger partial charge on any atom is -0.375 e. The number of piperazine rings is 1. The first-order valence-electron chi connectivity index (χ1n) is 16.0. The van der Waals surface area contributed by atoms with Gasteiger partial charge in [0.05, 0.1) is 5.69 Å². The highest BCUT2D eigenvalue weighted by Gasteiger charge is 2.48. The van der Waals surface area contributed by atoms with Gasteiger partial charge in [-0.1, -0.05) is 18.1 Å². The molecule has 250 valence electrons. The lowest BCUT2D eigenvalue weighted by Gasteiger charge is -2.40. The van der Waals surface area contributed by atoms with E-state index in [2.05, 4.69) is 35.8 Å². The second kappa shape index (κ2) is 14.2. The van der Waals surface area contributed by atoms with E-state index >= 15 is 4.39 Å². The van der Waals surface area contributed by atoms with Crippen LogP contribution in [0, 0.1) is 30.5 Å². The summed E-state index contributed by atoms with van der Waals surface area (Å²) < 4.78 is 25.3. The van der Waals surface area contributed by atoms with Crippen LogP contribution >= 0.6 is 0 Å². The molecular weight excluding hydrogens is 597 g/mol. The van der Waals surface area contributed by atoms with Crippen LogP contribution in [0.1, 0.15) is 67.2 Å². The van der Waals surface area contributed by atoms with Crippen molar-refractivity contribution in [3.05, 3.63) is 41.0 Å². The fourth-order valence-electron chi connectivity index (χ4n) is 6.39. The fourth-order valence-corrected chi connectivity index (χ4v) is 6.39. The Balaban J connectivity index is 1.34. The molecule has 1 aromatic carbocycles. The van der Waals surface area contributed by atoms with Crippen LogP contribution in [0.15, 0.2) is 22.8 Å². The van der Waals surface area contributed by atoms with Crippen LogP contribution < -0.4 is 16.0 Å². The highest BCUT2D eigenvalue weighted by molar-refractivity contribution is 6.01. The largest absolute Gasteiger partial charge is 0.375 e. The molecule has 0 spiro atoms. The van der Waals surface area contributed by atoms with E-state index in [1.54, 1.807) is 24.8 Å². The van der Waals surface area contributed by atoms with Gasteiger partial charge in [-0.25, -0.2) is 9.02 Å². The zero-order valence-electron chi connectivity index (χ0n) is 27.0. The maximum absolute atomic E-state index is 15.7. The van der Waals surface area contributed by atoms with Gasteiger partial charge in [0, 0.05) is 38.7 Å². The highest BCUT2D eigenvalue weighted by atomic mass is 19.1. The fraction of sp³-hybridized carbons (Fsp3) is 0.625. The number of hydrogen-bond donors (Lipinski definition) is 3. The van der Waals surface area contributed by atoms with Gasteiger partial charge in [0.2, 0.25) is 17.7 Å². The van der Waals surface area contributed by atoms with Crippen LogP contribution in [-0.2, 0) is 19.1 Å². The number of aromatic nitrogens is 2. The minimum absolute atomic E-state index is 0.000359. The van der Waals surface area contributed by atoms with Gasteiger partial charge in [-0.05, 0) is 87.2 Å². The third kappa shape index (κ3) is 7.72. The summed E-state index contributed by atoms with van der Waals surface area (Å²) in [6.07, 6.45) is 3.89. The number of nitrogens with zero attached hydrogens (tertiary/aromatic N) is 4. The highest BCUT2D eigenvalue weighted by Crippen LogP contribution is 2.51. The van der Waals surface area contributed by atoms with E-state index in [-0.39, 0.29) is 35.9 Å². The lowest BCUT2D eigenvalue weighted by atomic mass is 9.88. The number of methoxy groups -OCH3 is 1. The van der Waals surface area contributed by atoms with Crippen molar-refractivity contribution >= 4 is 29.3 Å². The second-order valence-corrected chi connectivity index (χ2v) is 13.0. The maximum Gasteiger partial charge on any atom is 0.276 e. The molecule has 5 rings (SSSR count). The monoisotopic (exact) mass is 641 g/mol. The Hall–Kier alpha value is -3.91. The van der Waals surface area contributed by atoms with E-state index in [0.29, 0.717) is 42.7 Å². The van der Waals surface area contributed by atoms with Crippen LogP contribution in [0.2, 0.25) is 0 Å². The van der Waals surface area contributed by atoms with E-state index in [4.69, 9.17) is 4.74 Å². The SMILES string of the molecule is COCC(=O)N[C@@H](C(=O)N1CCN(C)[C@H](C)C1)[C@@H](C)c1ccc(NC(=O)[C@@H](NC(=O)c2nonc2C)C(C2CC2)C2CC2)c(F)c1. The zero-order valence-corrected chi connectivity index (χ0v) is 27.0. The Bertz CT molecular complexity index is 1430. The summed E-state index contributed by atoms with van der Waals surface area (Å²) in [5.74, 6) is -2.56. The number of halogens is 1. The Kier molecular flexibility index (Phi) is 10.4. The molecule has 2 aromatic rings. The lowest BCUT2D eigenvalue weighted by Crippen LogP contribution is -2.58. The van der Waals surface area contributed by atoms with Crippen LogP contribution in [0.25, 0.3) is 0 Å². The quantitative estimate of drug-likeness (QED) is 0.298. The summed E-state index contributed by atoms with van der Waals surface area (Å²) in [5, 5.41) is 15.6. The first kappa shape index (κ1) is 33.5. The molecule has 3 aliphatic rings. The smallest absolute Gasteiger partial charge is 0.276 e. The molecule has 1 aliphatic heterocycles. The van der Waals surface area contributed by atoms with E-state index in [0.717, 1.165) is 25.7 Å². The standard InChI is InChI=1S/C32H44FN7O6/c1-17-15-40(13-12-39(17)4)32(44)27(35-25(41)16-45-5)18(2)22-10-11-24(23(33)14-22)34-31(43)29(26(20-6-7-20)21-8-9-21)36-30(42)28-19(3)37-46-38-28/h10-11,14,17-18,20-21,26-27,29H,6-9,12-13,15-16H2,1-5H3,(H,34,43)(H,35,41)(H,36,42)/t17-,18+,27-,29+/m1/s1. The normalized spacial score (nSPS) is 20.6. The summed E-state index contributed by atoms with van der Waals surface area (Å²) in [5.41, 5.74) is 0.727. The maximum atomic E-state index is 15.7. The molecule has 46 heavy (non-hydrogen) atoms. The zero-order chi connectivity index (χ0) is 33.1. The molecule has 1 saturated heterocycles. The second-order valence-electron chi connectivity index (χ2n) is 13.0. The molecule has 2 heterocycles. The van der Waals surface area contributed by atoms with Gasteiger partial charge in [-0.3, -0.25) is 19.2 Å². The van der Waals surface area contributed by atoms with Gasteiger partial charge in [0.15, 0.2) is 5.69 Å². The van der Waals surface area contributed by atoms with Gasteiger partial charge in [0.25, 0.3) is 5.91 Å². The Morgan fingerprint density at radius 2 is 1.76 bits per heavy atom. The number of rotatable bonds is 13. The molecule has 4 atom stereocenters. The number of aryl methyl sites for hydroxylation is 1. The van der Waals surface area contributed by atoms with Crippen LogP contribution in [0.4, 0.5) is 10.1 Å². The van der Waals surface area contributed by atoms with Crippen molar-refractivity contribution in [3.63, 3.8) is 0 Å². The first-order valence-corrected chi connectivity index (χ1v) is 16.0. The van der Waals surface area contributed by atoms with Crippen LogP contribution in [0.5, 0.6) is 0 Å². The molecule has 2 aliphatic carbocycles. The van der Waals surface area contributed by atoms with E-state index < -0.39 is 41.5 Å². The molecule has 0 unspecified atom stereocenters. The summed E-state index contributed by atoms with van der Waals surface area (Å²) in [4.78, 5) is 56.9. The molecule has 3 fully saturated rings. The third-order valence-corrected chi connectivity index (χ3v) is 9.56. The molecular formula is C32H44FN7O6. The van der Waals surface area contributed by atoms with E-state index in [9.17, 15) is 19.2 Å². The van der Waals surface area contributed by atoms with Gasteiger partial charge in [-0.15, -0.1) is 0 Å². The topological polar surface area (TPSA) is 159 Å².